The second-order valence-corrected chi connectivity index (χ2v) is 8.54. The largest absolute Gasteiger partial charge is 0.334 e. The topological polar surface area (TPSA) is 57.7 Å². The van der Waals surface area contributed by atoms with E-state index in [1.807, 2.05) is 103 Å². The number of urea groups is 1. The minimum atomic E-state index is -0.953. The van der Waals surface area contributed by atoms with E-state index in [1.54, 1.807) is 0 Å². The zero-order chi connectivity index (χ0) is 23.5. The molecule has 5 rings (SSSR count). The van der Waals surface area contributed by atoms with Crippen LogP contribution in [0.3, 0.4) is 0 Å². The molecule has 0 aromatic heterocycles. The maximum absolute atomic E-state index is 13.5. The molecule has 5 heteroatoms. The molecule has 0 N–H and O–H groups in total. The van der Waals surface area contributed by atoms with E-state index in [0.29, 0.717) is 0 Å². The van der Waals surface area contributed by atoms with Crippen LogP contribution < -0.4 is 0 Å². The molecule has 1 saturated heterocycles. The average molecular weight is 449 g/mol. The molecule has 1 fully saturated rings. The average Bonchev–Trinajstić information content (AvgIpc) is 2.88. The van der Waals surface area contributed by atoms with Crippen LogP contribution >= 0.6 is 0 Å². The first-order valence-electron chi connectivity index (χ1n) is 11.3. The van der Waals surface area contributed by atoms with Gasteiger partial charge in [0.25, 0.3) is 0 Å². The molecule has 168 valence electrons. The number of hydrogen-bond donors (Lipinski definition) is 0. The normalized spacial score (nSPS) is 14.8. The van der Waals surface area contributed by atoms with Gasteiger partial charge in [-0.1, -0.05) is 103 Å². The van der Waals surface area contributed by atoms with Crippen LogP contribution in [0.15, 0.2) is 103 Å². The van der Waals surface area contributed by atoms with E-state index in [4.69, 9.17) is 0 Å². The number of benzene rings is 4. The van der Waals surface area contributed by atoms with E-state index in [9.17, 15) is 14.4 Å². The molecule has 0 radical (unpaired) electrons. The molecule has 4 aromatic rings. The summed E-state index contributed by atoms with van der Waals surface area (Å²) in [6.07, 6.45) is 0.242. The van der Waals surface area contributed by atoms with E-state index >= 15 is 0 Å². The fourth-order valence-corrected chi connectivity index (χ4v) is 4.42. The predicted molar refractivity (Wildman–Crippen MR) is 131 cm³/mol. The summed E-state index contributed by atoms with van der Waals surface area (Å²) in [4.78, 5) is 42.7. The van der Waals surface area contributed by atoms with Gasteiger partial charge in [-0.05, 0) is 33.9 Å². The van der Waals surface area contributed by atoms with Crippen LogP contribution in [0.1, 0.15) is 16.7 Å². The highest BCUT2D eigenvalue weighted by molar-refractivity contribution is 6.16. The lowest BCUT2D eigenvalue weighted by atomic mass is 9.93. The van der Waals surface area contributed by atoms with Crippen LogP contribution in [-0.4, -0.2) is 27.6 Å². The summed E-state index contributed by atoms with van der Waals surface area (Å²) in [5.74, 6) is -1.85. The molecule has 1 aliphatic rings. The highest BCUT2D eigenvalue weighted by Crippen LogP contribution is 2.26. The monoisotopic (exact) mass is 448 g/mol. The van der Waals surface area contributed by atoms with Gasteiger partial charge in [0.15, 0.2) is 0 Å². The lowest BCUT2D eigenvalue weighted by molar-refractivity contribution is -0.150. The van der Waals surface area contributed by atoms with E-state index in [0.717, 1.165) is 27.5 Å². The van der Waals surface area contributed by atoms with Gasteiger partial charge in [-0.25, -0.2) is 4.79 Å². The van der Waals surface area contributed by atoms with E-state index in [2.05, 4.69) is 0 Å². The van der Waals surface area contributed by atoms with Gasteiger partial charge in [-0.15, -0.1) is 0 Å². The number of fused-ring (bicyclic) bond motifs is 1. The Hall–Kier alpha value is -4.25. The van der Waals surface area contributed by atoms with Crippen LogP contribution in [0.25, 0.3) is 10.8 Å². The molecule has 4 aromatic carbocycles. The molecule has 5 nitrogen and oxygen atoms in total. The van der Waals surface area contributed by atoms with Crippen LogP contribution in [0.2, 0.25) is 0 Å². The van der Waals surface area contributed by atoms with Crippen LogP contribution in [0.5, 0.6) is 0 Å². The molecule has 0 bridgehead atoms. The minimum absolute atomic E-state index is 0.130. The maximum atomic E-state index is 13.5. The predicted octanol–water partition coefficient (Wildman–Crippen LogP) is 5.19. The molecule has 0 saturated carbocycles. The minimum Gasteiger partial charge on any atom is -0.273 e. The zero-order valence-corrected chi connectivity index (χ0v) is 18.6. The highest BCUT2D eigenvalue weighted by Gasteiger charge is 2.45. The fraction of sp³-hybridized carbons (Fsp3) is 0.138. The Kier molecular flexibility index (Phi) is 5.91. The molecule has 0 atom stereocenters. The Balaban J connectivity index is 1.48. The molecule has 1 aliphatic heterocycles. The van der Waals surface area contributed by atoms with Gasteiger partial charge in [0.05, 0.1) is 13.1 Å². The summed E-state index contributed by atoms with van der Waals surface area (Å²) in [6, 6.07) is 32.1. The van der Waals surface area contributed by atoms with E-state index < -0.39 is 23.8 Å². The van der Waals surface area contributed by atoms with Gasteiger partial charge in [0.2, 0.25) is 11.8 Å². The third-order valence-corrected chi connectivity index (χ3v) is 6.21. The molecular weight excluding hydrogens is 424 g/mol. The van der Waals surface area contributed by atoms with Gasteiger partial charge in [0.1, 0.15) is 5.92 Å². The summed E-state index contributed by atoms with van der Waals surface area (Å²) in [5, 5.41) is 2.15. The molecule has 0 unspecified atom stereocenters. The summed E-state index contributed by atoms with van der Waals surface area (Å²) in [5.41, 5.74) is 2.56. The molecule has 0 aliphatic carbocycles. The Bertz CT molecular complexity index is 1290. The lowest BCUT2D eigenvalue weighted by Gasteiger charge is -2.37. The summed E-state index contributed by atoms with van der Waals surface area (Å²) in [7, 11) is 0. The standard InChI is InChI=1S/C29H24N2O3/c32-27-26(18-23-15-16-24-13-7-8-14-25(24)17-23)28(33)31(20-22-11-5-2-6-12-22)29(34)30(27)19-21-9-3-1-4-10-21/h1-17,26H,18-20H2. The summed E-state index contributed by atoms with van der Waals surface area (Å²) in [6.45, 7) is 0.261. The van der Waals surface area contributed by atoms with Gasteiger partial charge in [-0.3, -0.25) is 19.4 Å². The molecule has 4 amide bonds. The molecule has 34 heavy (non-hydrogen) atoms. The van der Waals surface area contributed by atoms with Gasteiger partial charge in [-0.2, -0.15) is 0 Å². The van der Waals surface area contributed by atoms with Gasteiger partial charge >= 0.3 is 6.03 Å². The lowest BCUT2D eigenvalue weighted by Crippen LogP contribution is -2.59. The van der Waals surface area contributed by atoms with Crippen LogP contribution in [-0.2, 0) is 29.1 Å². The van der Waals surface area contributed by atoms with Crippen molar-refractivity contribution in [2.24, 2.45) is 5.92 Å². The number of nitrogens with zero attached hydrogens (tertiary/aromatic N) is 2. The number of carbonyl (C=O) groups is 3. The molecule has 0 spiro atoms. The van der Waals surface area contributed by atoms with Crippen molar-refractivity contribution in [3.05, 3.63) is 120 Å². The first kappa shape index (κ1) is 21.6. The van der Waals surface area contributed by atoms with Crippen molar-refractivity contribution in [3.63, 3.8) is 0 Å². The number of amides is 4. The van der Waals surface area contributed by atoms with Crippen molar-refractivity contribution in [1.29, 1.82) is 0 Å². The SMILES string of the molecule is O=C1C(Cc2ccc3ccccc3c2)C(=O)N(Cc2ccccc2)C(=O)N1Cc1ccccc1. The van der Waals surface area contributed by atoms with Gasteiger partial charge in [0, 0.05) is 0 Å². The number of imide groups is 2. The van der Waals surface area contributed by atoms with Crippen molar-refractivity contribution in [1.82, 2.24) is 9.80 Å². The Morgan fingerprint density at radius 2 is 1.03 bits per heavy atom. The second-order valence-electron chi connectivity index (χ2n) is 8.54. The molecular formula is C29H24N2O3. The highest BCUT2D eigenvalue weighted by atomic mass is 16.2. The number of carbonyl (C=O) groups excluding carboxylic acids is 3. The number of hydrogen-bond acceptors (Lipinski definition) is 3. The Labute approximate surface area is 198 Å². The second kappa shape index (κ2) is 9.32. The van der Waals surface area contributed by atoms with Crippen molar-refractivity contribution >= 4 is 28.6 Å². The smallest absolute Gasteiger partial charge is 0.273 e. The number of rotatable bonds is 6. The third-order valence-electron chi connectivity index (χ3n) is 6.21. The van der Waals surface area contributed by atoms with Crippen molar-refractivity contribution in [2.45, 2.75) is 19.5 Å². The van der Waals surface area contributed by atoms with Crippen LogP contribution in [0, 0.1) is 5.92 Å². The van der Waals surface area contributed by atoms with E-state index in [-0.39, 0.29) is 19.5 Å². The van der Waals surface area contributed by atoms with Crippen molar-refractivity contribution in [2.75, 3.05) is 0 Å². The van der Waals surface area contributed by atoms with Gasteiger partial charge < -0.3 is 0 Å². The maximum Gasteiger partial charge on any atom is 0.334 e. The molecule has 1 heterocycles. The number of barbiturate groups is 1. The zero-order valence-electron chi connectivity index (χ0n) is 18.6. The van der Waals surface area contributed by atoms with E-state index in [1.165, 1.54) is 9.80 Å². The first-order chi connectivity index (χ1) is 16.6. The third kappa shape index (κ3) is 4.33. The van der Waals surface area contributed by atoms with Crippen molar-refractivity contribution in [3.8, 4) is 0 Å². The first-order valence-corrected chi connectivity index (χ1v) is 11.3. The summed E-state index contributed by atoms with van der Waals surface area (Å²) >= 11 is 0. The van der Waals surface area contributed by atoms with Crippen LogP contribution in [0.4, 0.5) is 4.79 Å². The quantitative estimate of drug-likeness (QED) is 0.382. The van der Waals surface area contributed by atoms with Crippen molar-refractivity contribution < 1.29 is 14.4 Å². The summed E-state index contributed by atoms with van der Waals surface area (Å²) < 4.78 is 0. The Morgan fingerprint density at radius 3 is 1.59 bits per heavy atom. The fourth-order valence-electron chi connectivity index (χ4n) is 4.42. The Morgan fingerprint density at radius 1 is 0.529 bits per heavy atom.